The van der Waals surface area contributed by atoms with Crippen molar-refractivity contribution in [3.05, 3.63) is 52.3 Å². The lowest BCUT2D eigenvalue weighted by atomic mass is 10.1. The number of amides is 1. The lowest BCUT2D eigenvalue weighted by Crippen LogP contribution is -2.60. The number of fused-ring (bicyclic) bond motifs is 1. The number of benzene rings is 1. The maximum Gasteiger partial charge on any atom is 0.227 e. The summed E-state index contributed by atoms with van der Waals surface area (Å²) >= 11 is 3.42. The first-order valence-corrected chi connectivity index (χ1v) is 10.4. The minimum Gasteiger partial charge on any atom is -0.351 e. The summed E-state index contributed by atoms with van der Waals surface area (Å²) in [5.74, 6) is 2.53. The van der Waals surface area contributed by atoms with Crippen LogP contribution in [0.25, 0.3) is 5.65 Å². The second-order valence-electron chi connectivity index (χ2n) is 7.66. The van der Waals surface area contributed by atoms with E-state index in [1.54, 1.807) is 0 Å². The first kappa shape index (κ1) is 17.6. The predicted molar refractivity (Wildman–Crippen MR) is 109 cm³/mol. The molecular formula is C20H21BrN6O. The summed E-state index contributed by atoms with van der Waals surface area (Å²) < 4.78 is 2.90. The Hall–Kier alpha value is -2.48. The van der Waals surface area contributed by atoms with Crippen LogP contribution in [0.1, 0.15) is 30.1 Å². The molecule has 1 aliphatic heterocycles. The summed E-state index contributed by atoms with van der Waals surface area (Å²) in [5, 5.41) is 13.2. The Morgan fingerprint density at radius 1 is 1.14 bits per heavy atom. The Kier molecular flexibility index (Phi) is 4.30. The van der Waals surface area contributed by atoms with Crippen molar-refractivity contribution in [2.75, 3.05) is 25.0 Å². The number of hydrogen-bond acceptors (Lipinski definition) is 5. The van der Waals surface area contributed by atoms with E-state index in [2.05, 4.69) is 31.0 Å². The third kappa shape index (κ3) is 3.26. The van der Waals surface area contributed by atoms with E-state index in [4.69, 9.17) is 5.10 Å². The second kappa shape index (κ2) is 6.84. The van der Waals surface area contributed by atoms with Gasteiger partial charge in [0, 0.05) is 30.5 Å². The van der Waals surface area contributed by atoms with Crippen LogP contribution in [-0.2, 0) is 11.2 Å². The molecular weight excluding hydrogens is 420 g/mol. The van der Waals surface area contributed by atoms with E-state index >= 15 is 0 Å². The normalized spacial score (nSPS) is 17.0. The van der Waals surface area contributed by atoms with Gasteiger partial charge in [0.2, 0.25) is 5.91 Å². The number of hydrogen-bond donors (Lipinski definition) is 0. The van der Waals surface area contributed by atoms with Gasteiger partial charge in [-0.15, -0.1) is 15.3 Å². The van der Waals surface area contributed by atoms with Gasteiger partial charge in [0.1, 0.15) is 5.82 Å². The molecule has 1 aromatic carbocycles. The quantitative estimate of drug-likeness (QED) is 0.609. The molecule has 1 amide bonds. The minimum atomic E-state index is 0.144. The van der Waals surface area contributed by atoms with Gasteiger partial charge in [0.25, 0.3) is 0 Å². The number of carbonyl (C=O) groups is 1. The lowest BCUT2D eigenvalue weighted by molar-refractivity contribution is -0.131. The van der Waals surface area contributed by atoms with Crippen molar-refractivity contribution in [1.29, 1.82) is 0 Å². The summed E-state index contributed by atoms with van der Waals surface area (Å²) in [4.78, 5) is 16.7. The van der Waals surface area contributed by atoms with Crippen LogP contribution in [0.4, 0.5) is 5.82 Å². The van der Waals surface area contributed by atoms with Crippen molar-refractivity contribution < 1.29 is 4.79 Å². The molecule has 0 bridgehead atoms. The number of carbonyl (C=O) groups excluding carboxylic acids is 1. The smallest absolute Gasteiger partial charge is 0.227 e. The number of anilines is 1. The highest BCUT2D eigenvalue weighted by Crippen LogP contribution is 2.38. The number of nitrogens with zero attached hydrogens (tertiary/aromatic N) is 6. The molecule has 0 spiro atoms. The Labute approximate surface area is 171 Å². The van der Waals surface area contributed by atoms with Crippen molar-refractivity contribution in [3.8, 4) is 0 Å². The Morgan fingerprint density at radius 2 is 1.89 bits per heavy atom. The Balaban J connectivity index is 1.23. The van der Waals surface area contributed by atoms with Crippen molar-refractivity contribution >= 4 is 33.3 Å². The summed E-state index contributed by atoms with van der Waals surface area (Å²) in [5.41, 5.74) is 1.83. The van der Waals surface area contributed by atoms with E-state index < -0.39 is 0 Å². The van der Waals surface area contributed by atoms with Crippen LogP contribution in [0.15, 0.2) is 40.9 Å². The number of rotatable bonds is 5. The fourth-order valence-electron chi connectivity index (χ4n) is 3.55. The lowest BCUT2D eigenvalue weighted by Gasteiger charge is -2.44. The van der Waals surface area contributed by atoms with E-state index in [-0.39, 0.29) is 11.9 Å². The summed E-state index contributed by atoms with van der Waals surface area (Å²) in [7, 11) is 1.89. The molecule has 3 heterocycles. The van der Waals surface area contributed by atoms with Crippen LogP contribution in [-0.4, -0.2) is 56.8 Å². The molecule has 0 N–H and O–H groups in total. The van der Waals surface area contributed by atoms with Crippen LogP contribution < -0.4 is 4.90 Å². The van der Waals surface area contributed by atoms with Gasteiger partial charge in [-0.05, 0) is 42.7 Å². The molecule has 0 unspecified atom stereocenters. The van der Waals surface area contributed by atoms with Crippen molar-refractivity contribution in [2.45, 2.75) is 31.2 Å². The molecule has 2 aromatic heterocycles. The van der Waals surface area contributed by atoms with Gasteiger partial charge in [0.15, 0.2) is 11.5 Å². The number of likely N-dealkylation sites (N-methyl/N-ethyl adjacent to an activating group) is 1. The first-order chi connectivity index (χ1) is 13.6. The molecule has 2 fully saturated rings. The zero-order valence-corrected chi connectivity index (χ0v) is 17.2. The molecule has 1 saturated heterocycles. The molecule has 28 heavy (non-hydrogen) atoms. The fourth-order valence-corrected chi connectivity index (χ4v) is 3.82. The Morgan fingerprint density at radius 3 is 2.61 bits per heavy atom. The van der Waals surface area contributed by atoms with Crippen LogP contribution in [0.3, 0.4) is 0 Å². The minimum absolute atomic E-state index is 0.144. The average Bonchev–Trinajstić information content (AvgIpc) is 3.41. The van der Waals surface area contributed by atoms with Crippen molar-refractivity contribution in [1.82, 2.24) is 24.7 Å². The molecule has 1 aliphatic carbocycles. The van der Waals surface area contributed by atoms with Gasteiger partial charge < -0.3 is 9.80 Å². The summed E-state index contributed by atoms with van der Waals surface area (Å²) in [6.45, 7) is 1.59. The predicted octanol–water partition coefficient (Wildman–Crippen LogP) is 2.65. The van der Waals surface area contributed by atoms with Gasteiger partial charge in [0.05, 0.1) is 12.5 Å². The van der Waals surface area contributed by atoms with Gasteiger partial charge >= 0.3 is 0 Å². The zero-order chi connectivity index (χ0) is 19.3. The van der Waals surface area contributed by atoms with Crippen molar-refractivity contribution in [2.24, 2.45) is 0 Å². The largest absolute Gasteiger partial charge is 0.351 e. The van der Waals surface area contributed by atoms with Gasteiger partial charge in [-0.25, -0.2) is 0 Å². The van der Waals surface area contributed by atoms with Gasteiger partial charge in [-0.1, -0.05) is 28.1 Å². The molecule has 5 rings (SSSR count). The van der Waals surface area contributed by atoms with E-state index in [0.717, 1.165) is 40.4 Å². The second-order valence-corrected chi connectivity index (χ2v) is 8.58. The summed E-state index contributed by atoms with van der Waals surface area (Å²) in [6.07, 6.45) is 2.77. The zero-order valence-electron chi connectivity index (χ0n) is 15.6. The fraction of sp³-hybridized carbons (Fsp3) is 0.400. The molecule has 8 heteroatoms. The molecule has 0 atom stereocenters. The van der Waals surface area contributed by atoms with Crippen LogP contribution in [0.2, 0.25) is 0 Å². The molecule has 0 radical (unpaired) electrons. The molecule has 7 nitrogen and oxygen atoms in total. The molecule has 3 aromatic rings. The first-order valence-electron chi connectivity index (χ1n) is 9.56. The summed E-state index contributed by atoms with van der Waals surface area (Å²) in [6, 6.07) is 12.1. The average molecular weight is 441 g/mol. The van der Waals surface area contributed by atoms with Crippen molar-refractivity contribution in [3.63, 3.8) is 0 Å². The standard InChI is InChI=1S/C20H21BrN6O/c1-25(19(28)10-13-2-6-15(21)7-3-13)16-11-26(12-16)18-9-8-17-22-23-20(14-4-5-14)27(17)24-18/h2-3,6-9,14,16H,4-5,10-12H2,1H3. The maximum absolute atomic E-state index is 12.6. The number of aromatic nitrogens is 4. The third-order valence-corrected chi connectivity index (χ3v) is 6.14. The van der Waals surface area contributed by atoms with E-state index in [1.165, 1.54) is 12.8 Å². The highest BCUT2D eigenvalue weighted by Gasteiger charge is 2.34. The highest BCUT2D eigenvalue weighted by molar-refractivity contribution is 9.10. The molecule has 1 saturated carbocycles. The topological polar surface area (TPSA) is 66.6 Å². The van der Waals surface area contributed by atoms with Gasteiger partial charge in [-0.3, -0.25) is 4.79 Å². The van der Waals surface area contributed by atoms with E-state index in [9.17, 15) is 4.79 Å². The van der Waals surface area contributed by atoms with E-state index in [0.29, 0.717) is 12.3 Å². The third-order valence-electron chi connectivity index (χ3n) is 5.61. The highest BCUT2D eigenvalue weighted by atomic mass is 79.9. The monoisotopic (exact) mass is 440 g/mol. The van der Waals surface area contributed by atoms with Crippen LogP contribution in [0, 0.1) is 0 Å². The van der Waals surface area contributed by atoms with Crippen LogP contribution in [0.5, 0.6) is 0 Å². The molecule has 2 aliphatic rings. The SMILES string of the molecule is CN(C(=O)Cc1ccc(Br)cc1)C1CN(c2ccc3nnc(C4CC4)n3n2)C1. The van der Waals surface area contributed by atoms with Crippen LogP contribution >= 0.6 is 15.9 Å². The van der Waals surface area contributed by atoms with E-state index in [1.807, 2.05) is 52.9 Å². The van der Waals surface area contributed by atoms with Gasteiger partial charge in [-0.2, -0.15) is 4.52 Å². The Bertz CT molecular complexity index is 1020. The number of halogens is 1. The molecule has 144 valence electrons. The maximum atomic E-state index is 12.6.